The van der Waals surface area contributed by atoms with Gasteiger partial charge in [0, 0.05) is 43.3 Å². The number of anilines is 1. The van der Waals surface area contributed by atoms with Gasteiger partial charge in [0.25, 0.3) is 5.91 Å². The summed E-state index contributed by atoms with van der Waals surface area (Å²) in [7, 11) is 4.11. The Morgan fingerprint density at radius 1 is 1.25 bits per heavy atom. The highest BCUT2D eigenvalue weighted by Gasteiger charge is 2.37. The van der Waals surface area contributed by atoms with E-state index in [0.717, 1.165) is 24.1 Å². The van der Waals surface area contributed by atoms with Gasteiger partial charge in [-0.3, -0.25) is 15.0 Å². The van der Waals surface area contributed by atoms with Gasteiger partial charge in [-0.05, 0) is 50.1 Å². The first-order valence-corrected chi connectivity index (χ1v) is 9.87. The van der Waals surface area contributed by atoms with Crippen LogP contribution in [-0.2, 0) is 11.3 Å². The molecule has 1 aromatic rings. The Labute approximate surface area is 165 Å². The molecular weight excluding hydrogens is 354 g/mol. The van der Waals surface area contributed by atoms with Crippen molar-refractivity contribution in [2.75, 3.05) is 19.0 Å². The Kier molecular flexibility index (Phi) is 4.93. The number of carbonyl (C=O) groups excluding carboxylic acids is 2. The molecule has 148 valence electrons. The zero-order valence-corrected chi connectivity index (χ0v) is 16.4. The van der Waals surface area contributed by atoms with Crippen LogP contribution >= 0.6 is 0 Å². The van der Waals surface area contributed by atoms with E-state index in [1.54, 1.807) is 4.90 Å². The van der Waals surface area contributed by atoms with Crippen LogP contribution in [0.3, 0.4) is 0 Å². The average molecular weight is 381 g/mol. The Balaban J connectivity index is 1.54. The van der Waals surface area contributed by atoms with Crippen LogP contribution in [0.15, 0.2) is 30.4 Å². The van der Waals surface area contributed by atoms with Gasteiger partial charge in [0.1, 0.15) is 5.84 Å². The fraction of sp³-hybridized carbons (Fsp3) is 0.476. The molecule has 2 aliphatic heterocycles. The topological polar surface area (TPSA) is 88.5 Å². The van der Waals surface area contributed by atoms with Crippen molar-refractivity contribution in [1.82, 2.24) is 15.5 Å². The number of hydrogen-bond donors (Lipinski definition) is 3. The van der Waals surface area contributed by atoms with Crippen LogP contribution in [-0.4, -0.2) is 54.8 Å². The lowest BCUT2D eigenvalue weighted by Crippen LogP contribution is -2.52. The first-order valence-electron chi connectivity index (χ1n) is 9.87. The summed E-state index contributed by atoms with van der Waals surface area (Å²) in [5.41, 5.74) is 2.79. The normalized spacial score (nSPS) is 27.0. The van der Waals surface area contributed by atoms with Gasteiger partial charge >= 0.3 is 0 Å². The monoisotopic (exact) mass is 381 g/mol. The first kappa shape index (κ1) is 18.7. The van der Waals surface area contributed by atoms with Crippen LogP contribution in [0.25, 0.3) is 0 Å². The summed E-state index contributed by atoms with van der Waals surface area (Å²) in [6, 6.07) is 6.43. The number of hydrogen-bond acceptors (Lipinski definition) is 5. The standard InChI is InChI=1S/C21H27N5O2/c1-23-16-5-3-4-6-17(16)25(2)14-7-8-15-13(11-14)12-26(21(15)28)18-9-10-19(27)24-20(18)22/h3-4,7-8,11,16-18,23H,5-6,9-10,12H2,1-2H3,(H2,22,24,27). The zero-order chi connectivity index (χ0) is 19.8. The minimum absolute atomic E-state index is 0.0520. The Hall–Kier alpha value is -2.67. The number of rotatable bonds is 4. The molecule has 7 nitrogen and oxygen atoms in total. The number of piperidine rings is 1. The molecule has 1 fully saturated rings. The quantitative estimate of drug-likeness (QED) is 0.692. The lowest BCUT2D eigenvalue weighted by atomic mass is 9.94. The zero-order valence-electron chi connectivity index (χ0n) is 16.4. The van der Waals surface area contributed by atoms with Gasteiger partial charge in [-0.15, -0.1) is 0 Å². The van der Waals surface area contributed by atoms with E-state index in [2.05, 4.69) is 40.8 Å². The molecule has 28 heavy (non-hydrogen) atoms. The number of nitrogens with one attached hydrogen (secondary N) is 3. The molecule has 3 atom stereocenters. The lowest BCUT2D eigenvalue weighted by molar-refractivity contribution is -0.120. The van der Waals surface area contributed by atoms with Gasteiger partial charge < -0.3 is 20.4 Å². The third-order valence-corrected chi connectivity index (χ3v) is 6.22. The molecule has 0 saturated carbocycles. The maximum atomic E-state index is 12.9. The van der Waals surface area contributed by atoms with Crippen molar-refractivity contribution in [3.05, 3.63) is 41.5 Å². The summed E-state index contributed by atoms with van der Waals surface area (Å²) in [5.74, 6) is -0.0700. The number of benzene rings is 1. The van der Waals surface area contributed by atoms with Crippen molar-refractivity contribution in [2.45, 2.75) is 50.4 Å². The van der Waals surface area contributed by atoms with Crippen molar-refractivity contribution < 1.29 is 9.59 Å². The molecule has 0 bridgehead atoms. The van der Waals surface area contributed by atoms with Gasteiger partial charge in [0.2, 0.25) is 5.91 Å². The van der Waals surface area contributed by atoms with E-state index in [1.807, 2.05) is 19.2 Å². The van der Waals surface area contributed by atoms with Crippen LogP contribution in [0.5, 0.6) is 0 Å². The third kappa shape index (κ3) is 3.20. The van der Waals surface area contributed by atoms with Crippen molar-refractivity contribution in [3.63, 3.8) is 0 Å². The molecule has 2 amide bonds. The van der Waals surface area contributed by atoms with E-state index in [4.69, 9.17) is 5.41 Å². The minimum atomic E-state index is -0.351. The predicted molar refractivity (Wildman–Crippen MR) is 109 cm³/mol. The van der Waals surface area contributed by atoms with Crippen LogP contribution in [0.4, 0.5) is 5.69 Å². The van der Waals surface area contributed by atoms with Crippen molar-refractivity contribution in [2.24, 2.45) is 0 Å². The molecule has 1 aromatic carbocycles. The van der Waals surface area contributed by atoms with E-state index in [1.165, 1.54) is 0 Å². The number of nitrogens with zero attached hydrogens (tertiary/aromatic N) is 2. The summed E-state index contributed by atoms with van der Waals surface area (Å²) in [5, 5.41) is 14.1. The molecule has 3 N–H and O–H groups in total. The van der Waals surface area contributed by atoms with Gasteiger partial charge in [0.15, 0.2) is 0 Å². The van der Waals surface area contributed by atoms with E-state index < -0.39 is 0 Å². The largest absolute Gasteiger partial charge is 0.370 e. The Morgan fingerprint density at radius 3 is 2.79 bits per heavy atom. The number of carbonyl (C=O) groups is 2. The summed E-state index contributed by atoms with van der Waals surface area (Å²) in [4.78, 5) is 28.4. The number of amidine groups is 1. The van der Waals surface area contributed by atoms with Crippen LogP contribution in [0, 0.1) is 5.41 Å². The fourth-order valence-corrected chi connectivity index (χ4v) is 4.55. The minimum Gasteiger partial charge on any atom is -0.370 e. The number of likely N-dealkylation sites (N-methyl/N-ethyl adjacent to an activating group) is 2. The van der Waals surface area contributed by atoms with E-state index in [-0.39, 0.29) is 23.7 Å². The summed E-state index contributed by atoms with van der Waals surface area (Å²) < 4.78 is 0. The second-order valence-corrected chi connectivity index (χ2v) is 7.81. The molecule has 1 saturated heterocycles. The maximum absolute atomic E-state index is 12.9. The fourth-order valence-electron chi connectivity index (χ4n) is 4.55. The maximum Gasteiger partial charge on any atom is 0.255 e. The summed E-state index contributed by atoms with van der Waals surface area (Å²) in [6.07, 6.45) is 7.32. The molecule has 0 spiro atoms. The smallest absolute Gasteiger partial charge is 0.255 e. The predicted octanol–water partition coefficient (Wildman–Crippen LogP) is 1.64. The molecule has 7 heteroatoms. The molecule has 3 unspecified atom stereocenters. The molecule has 2 heterocycles. The molecule has 1 aliphatic carbocycles. The van der Waals surface area contributed by atoms with Crippen molar-refractivity contribution in [3.8, 4) is 0 Å². The van der Waals surface area contributed by atoms with Crippen LogP contribution < -0.4 is 15.5 Å². The first-order chi connectivity index (χ1) is 13.5. The Bertz CT molecular complexity index is 849. The van der Waals surface area contributed by atoms with Gasteiger partial charge in [-0.25, -0.2) is 0 Å². The van der Waals surface area contributed by atoms with Crippen LogP contribution in [0.2, 0.25) is 0 Å². The van der Waals surface area contributed by atoms with Gasteiger partial charge in [-0.2, -0.15) is 0 Å². The molecule has 3 aliphatic rings. The summed E-state index contributed by atoms with van der Waals surface area (Å²) in [6.45, 7) is 0.485. The van der Waals surface area contributed by atoms with Gasteiger partial charge in [0.05, 0.1) is 6.04 Å². The summed E-state index contributed by atoms with van der Waals surface area (Å²) >= 11 is 0. The highest BCUT2D eigenvalue weighted by Crippen LogP contribution is 2.32. The number of fused-ring (bicyclic) bond motifs is 1. The van der Waals surface area contributed by atoms with Gasteiger partial charge in [-0.1, -0.05) is 12.2 Å². The highest BCUT2D eigenvalue weighted by atomic mass is 16.2. The average Bonchev–Trinajstić information content (AvgIpc) is 3.03. The van der Waals surface area contributed by atoms with Crippen molar-refractivity contribution >= 4 is 23.3 Å². The second-order valence-electron chi connectivity index (χ2n) is 7.81. The highest BCUT2D eigenvalue weighted by molar-refractivity contribution is 6.06. The van der Waals surface area contributed by atoms with E-state index in [9.17, 15) is 9.59 Å². The lowest BCUT2D eigenvalue weighted by Gasteiger charge is -2.37. The molecular formula is C21H27N5O2. The second kappa shape index (κ2) is 7.39. The van der Waals surface area contributed by atoms with Crippen molar-refractivity contribution in [1.29, 1.82) is 5.41 Å². The SMILES string of the molecule is CNC1CC=CCC1N(C)c1ccc2c(c1)CN(C1CCC(=O)NC1=N)C2=O. The van der Waals surface area contributed by atoms with E-state index in [0.29, 0.717) is 37.0 Å². The van der Waals surface area contributed by atoms with Crippen LogP contribution in [0.1, 0.15) is 41.6 Å². The van der Waals surface area contributed by atoms with E-state index >= 15 is 0 Å². The Morgan fingerprint density at radius 2 is 2.04 bits per heavy atom. The number of amides is 2. The molecule has 4 rings (SSSR count). The third-order valence-electron chi connectivity index (χ3n) is 6.22. The molecule has 0 radical (unpaired) electrons. The molecule has 0 aromatic heterocycles.